The number of hydrogen-bond acceptors (Lipinski definition) is 5. The fourth-order valence-corrected chi connectivity index (χ4v) is 0.253. The smallest absolute Gasteiger partial charge is 0.409 e. The number of ether oxygens (including phenoxy) is 1. The fraction of sp³-hybridized carbons (Fsp3) is 0.733. The number of rotatable bonds is 2. The van der Waals surface area contributed by atoms with Crippen LogP contribution < -0.4 is 0 Å². The maximum atomic E-state index is 10.4. The predicted octanol–water partition coefficient (Wildman–Crippen LogP) is 2.13. The normalized spacial score (nSPS) is 8.00. The first-order valence-corrected chi connectivity index (χ1v) is 6.74. The van der Waals surface area contributed by atoms with Crippen molar-refractivity contribution >= 4 is 24.5 Å². The summed E-state index contributed by atoms with van der Waals surface area (Å²) in [5.41, 5.74) is 0.176. The predicted molar refractivity (Wildman–Crippen MR) is 99.6 cm³/mol. The lowest BCUT2D eigenvalue weighted by Crippen LogP contribution is -2.22. The van der Waals surface area contributed by atoms with Crippen molar-refractivity contribution < 1.29 is 19.4 Å². The molecule has 0 aliphatic rings. The van der Waals surface area contributed by atoms with Crippen LogP contribution in [0.1, 0.15) is 13.8 Å². The van der Waals surface area contributed by atoms with Crippen LogP contribution in [0, 0.1) is 0 Å². The summed E-state index contributed by atoms with van der Waals surface area (Å²) in [5.74, 6) is -0.935. The standard InChI is InChI=1S/C5H11NO2.C4H6O2.2C3H9N.ClH/c1-4-8-5(7)6(2)3;1-3(2)4(5)6;2*1-4(2)3;/h4H2,1-3H3;1H2,2H3,(H,5,6);2*1-3H3;1H. The van der Waals surface area contributed by atoms with Gasteiger partial charge in [-0.2, -0.15) is 0 Å². The number of carbonyl (C=O) groups is 2. The van der Waals surface area contributed by atoms with Crippen LogP contribution >= 0.6 is 12.4 Å². The molecule has 0 aromatic carbocycles. The number of carbonyl (C=O) groups excluding carboxylic acids is 1. The highest BCUT2D eigenvalue weighted by Crippen LogP contribution is 1.82. The van der Waals surface area contributed by atoms with E-state index in [0.717, 1.165) is 0 Å². The molecule has 7 nitrogen and oxygen atoms in total. The first-order chi connectivity index (χ1) is 9.79. The maximum absolute atomic E-state index is 10.4. The van der Waals surface area contributed by atoms with Gasteiger partial charge in [-0.1, -0.05) is 6.58 Å². The van der Waals surface area contributed by atoms with Crippen molar-refractivity contribution in [1.29, 1.82) is 0 Å². The highest BCUT2D eigenvalue weighted by Gasteiger charge is 1.99. The number of aliphatic carboxylic acids is 1. The van der Waals surface area contributed by atoms with E-state index in [0.29, 0.717) is 6.61 Å². The van der Waals surface area contributed by atoms with Crippen LogP contribution in [0.3, 0.4) is 0 Å². The minimum atomic E-state index is -0.935. The molecule has 0 heterocycles. The van der Waals surface area contributed by atoms with Crippen molar-refractivity contribution in [3.05, 3.63) is 12.2 Å². The van der Waals surface area contributed by atoms with Gasteiger partial charge in [0.2, 0.25) is 0 Å². The third-order valence-corrected chi connectivity index (χ3v) is 0.998. The highest BCUT2D eigenvalue weighted by molar-refractivity contribution is 5.85. The summed E-state index contributed by atoms with van der Waals surface area (Å²) < 4.78 is 4.59. The molecule has 0 saturated heterocycles. The summed E-state index contributed by atoms with van der Waals surface area (Å²) >= 11 is 0. The first-order valence-electron chi connectivity index (χ1n) is 6.74. The molecule has 0 atom stereocenters. The molecule has 0 spiro atoms. The number of halogens is 1. The second kappa shape index (κ2) is 23.0. The average molecular weight is 358 g/mol. The molecular weight excluding hydrogens is 322 g/mol. The van der Waals surface area contributed by atoms with Crippen molar-refractivity contribution in [2.24, 2.45) is 0 Å². The van der Waals surface area contributed by atoms with Gasteiger partial charge < -0.3 is 24.5 Å². The molecule has 1 N–H and O–H groups in total. The molecule has 0 unspecified atom stereocenters. The number of amides is 1. The Kier molecular flexibility index (Phi) is 33.3. The van der Waals surface area contributed by atoms with E-state index in [1.807, 2.05) is 52.1 Å². The molecule has 8 heteroatoms. The van der Waals surface area contributed by atoms with Crippen LogP contribution in [0.2, 0.25) is 0 Å². The summed E-state index contributed by atoms with van der Waals surface area (Å²) in [6.45, 7) is 6.82. The number of hydrogen-bond donors (Lipinski definition) is 1. The van der Waals surface area contributed by atoms with E-state index >= 15 is 0 Å². The molecule has 0 saturated carbocycles. The van der Waals surface area contributed by atoms with Crippen molar-refractivity contribution in [3.8, 4) is 0 Å². The van der Waals surface area contributed by atoms with Gasteiger partial charge >= 0.3 is 12.1 Å². The Balaban J connectivity index is -0.0000000646. The monoisotopic (exact) mass is 357 g/mol. The van der Waals surface area contributed by atoms with Gasteiger partial charge in [-0.3, -0.25) is 0 Å². The van der Waals surface area contributed by atoms with Gasteiger partial charge in [0, 0.05) is 19.7 Å². The molecule has 0 radical (unpaired) electrons. The van der Waals surface area contributed by atoms with E-state index in [-0.39, 0.29) is 24.1 Å². The third kappa shape index (κ3) is 77.0. The zero-order valence-electron chi connectivity index (χ0n) is 16.3. The summed E-state index contributed by atoms with van der Waals surface area (Å²) in [6.07, 6.45) is -0.285. The molecule has 0 rings (SSSR count). The second-order valence-corrected chi connectivity index (χ2v) is 5.36. The van der Waals surface area contributed by atoms with Crippen molar-refractivity contribution in [2.45, 2.75) is 13.8 Å². The highest BCUT2D eigenvalue weighted by atomic mass is 35.5. The fourth-order valence-electron chi connectivity index (χ4n) is 0.253. The van der Waals surface area contributed by atoms with Crippen LogP contribution in [0.25, 0.3) is 0 Å². The average Bonchev–Trinajstić information content (AvgIpc) is 2.28. The summed E-state index contributed by atoms with van der Waals surface area (Å²) in [4.78, 5) is 25.4. The zero-order chi connectivity index (χ0) is 18.9. The molecule has 0 fully saturated rings. The lowest BCUT2D eigenvalue weighted by Gasteiger charge is -2.07. The minimum absolute atomic E-state index is 0. The van der Waals surface area contributed by atoms with Gasteiger partial charge in [-0.15, -0.1) is 12.4 Å². The quantitative estimate of drug-likeness (QED) is 0.763. The Morgan fingerprint density at radius 2 is 1.17 bits per heavy atom. The molecule has 0 aromatic rings. The molecule has 0 aliphatic heterocycles. The Labute approximate surface area is 148 Å². The van der Waals surface area contributed by atoms with Crippen LogP contribution in [-0.2, 0) is 9.53 Å². The minimum Gasteiger partial charge on any atom is -0.478 e. The molecule has 1 amide bonds. The van der Waals surface area contributed by atoms with E-state index < -0.39 is 5.97 Å². The van der Waals surface area contributed by atoms with E-state index in [1.54, 1.807) is 21.0 Å². The molecule has 23 heavy (non-hydrogen) atoms. The number of carboxylic acid groups (broad SMARTS) is 1. The summed E-state index contributed by atoms with van der Waals surface area (Å²) in [6, 6.07) is 0. The molecule has 142 valence electrons. The SMILES string of the molecule is C=C(C)C(=O)O.CCOC(=O)N(C)C.CN(C)C.CN(C)C.Cl. The Bertz CT molecular complexity index is 273. The van der Waals surface area contributed by atoms with E-state index in [4.69, 9.17) is 5.11 Å². The van der Waals surface area contributed by atoms with E-state index in [1.165, 1.54) is 11.8 Å². The Hall–Kier alpha value is -1.31. The van der Waals surface area contributed by atoms with Crippen LogP contribution in [0.15, 0.2) is 12.2 Å². The van der Waals surface area contributed by atoms with Crippen molar-refractivity contribution in [3.63, 3.8) is 0 Å². The second-order valence-electron chi connectivity index (χ2n) is 5.36. The zero-order valence-corrected chi connectivity index (χ0v) is 17.2. The van der Waals surface area contributed by atoms with Gasteiger partial charge in [0.25, 0.3) is 0 Å². The maximum Gasteiger partial charge on any atom is 0.409 e. The summed E-state index contributed by atoms with van der Waals surface area (Å²) in [5, 5.41) is 7.89. The molecule has 0 bridgehead atoms. The van der Waals surface area contributed by atoms with Gasteiger partial charge in [0.1, 0.15) is 0 Å². The van der Waals surface area contributed by atoms with E-state index in [2.05, 4.69) is 11.3 Å². The van der Waals surface area contributed by atoms with Crippen LogP contribution in [0.5, 0.6) is 0 Å². The van der Waals surface area contributed by atoms with Gasteiger partial charge in [-0.05, 0) is 56.1 Å². The Morgan fingerprint density at radius 1 is 0.957 bits per heavy atom. The van der Waals surface area contributed by atoms with E-state index in [9.17, 15) is 9.59 Å². The first kappa shape index (κ1) is 33.3. The molecule has 0 aliphatic carbocycles. The summed E-state index contributed by atoms with van der Waals surface area (Å²) in [7, 11) is 15.3. The lowest BCUT2D eigenvalue weighted by molar-refractivity contribution is -0.132. The van der Waals surface area contributed by atoms with Crippen molar-refractivity contribution in [1.82, 2.24) is 14.7 Å². The van der Waals surface area contributed by atoms with Crippen molar-refractivity contribution in [2.75, 3.05) is 63.0 Å². The topological polar surface area (TPSA) is 73.3 Å². The lowest BCUT2D eigenvalue weighted by atomic mass is 10.4. The van der Waals surface area contributed by atoms with Gasteiger partial charge in [-0.25, -0.2) is 9.59 Å². The largest absolute Gasteiger partial charge is 0.478 e. The van der Waals surface area contributed by atoms with Gasteiger partial charge in [0.15, 0.2) is 0 Å². The van der Waals surface area contributed by atoms with Gasteiger partial charge in [0.05, 0.1) is 6.61 Å². The number of carboxylic acids is 1. The van der Waals surface area contributed by atoms with Crippen LogP contribution in [0.4, 0.5) is 4.79 Å². The molecular formula is C15H36ClN3O4. The molecule has 0 aromatic heterocycles. The van der Waals surface area contributed by atoms with Crippen LogP contribution in [-0.4, -0.2) is 94.9 Å². The Morgan fingerprint density at radius 3 is 1.22 bits per heavy atom. The third-order valence-electron chi connectivity index (χ3n) is 0.998. The number of nitrogens with zero attached hydrogens (tertiary/aromatic N) is 3.